The summed E-state index contributed by atoms with van der Waals surface area (Å²) in [6, 6.07) is 4.30. The van der Waals surface area contributed by atoms with Crippen LogP contribution in [0.4, 0.5) is 15.4 Å². The third-order valence-electron chi connectivity index (χ3n) is 2.60. The van der Waals surface area contributed by atoms with Crippen molar-refractivity contribution in [3.05, 3.63) is 23.9 Å². The predicted octanol–water partition coefficient (Wildman–Crippen LogP) is 3.93. The fourth-order valence-electron chi connectivity index (χ4n) is 1.74. The van der Waals surface area contributed by atoms with Crippen LogP contribution in [0.25, 0.3) is 0 Å². The van der Waals surface area contributed by atoms with Gasteiger partial charge in [-0.05, 0) is 60.6 Å². The van der Waals surface area contributed by atoms with E-state index in [2.05, 4.69) is 4.98 Å². The zero-order valence-electron chi connectivity index (χ0n) is 16.3. The first-order chi connectivity index (χ1) is 11.8. The van der Waals surface area contributed by atoms with Crippen LogP contribution in [0.3, 0.4) is 0 Å². The fraction of sp³-hybridized carbons (Fsp3) is 0.556. The summed E-state index contributed by atoms with van der Waals surface area (Å²) in [5.74, 6) is -0.762. The van der Waals surface area contributed by atoms with Gasteiger partial charge in [0.05, 0.1) is 6.61 Å². The highest BCUT2D eigenvalue weighted by molar-refractivity contribution is 6.09. The van der Waals surface area contributed by atoms with Crippen molar-refractivity contribution in [2.24, 2.45) is 0 Å². The predicted molar refractivity (Wildman–Crippen MR) is 95.1 cm³/mol. The number of esters is 1. The standard InChI is InChI=1S/C18H26N2O6/c1-8-24-14(21)12-10-9-11-13(19-12)20(15(22)25-17(2,3)4)16(23)26-18(5,6)7/h9-11H,8H2,1-7H3. The second kappa shape index (κ2) is 8.16. The molecule has 0 spiro atoms. The zero-order valence-corrected chi connectivity index (χ0v) is 16.3. The number of pyridine rings is 1. The molecule has 0 saturated carbocycles. The molecule has 1 heterocycles. The molecule has 0 aliphatic rings. The van der Waals surface area contributed by atoms with Crippen LogP contribution in [0.2, 0.25) is 0 Å². The maximum absolute atomic E-state index is 12.5. The highest BCUT2D eigenvalue weighted by atomic mass is 16.6. The van der Waals surface area contributed by atoms with Crippen molar-refractivity contribution in [3.63, 3.8) is 0 Å². The van der Waals surface area contributed by atoms with E-state index in [1.54, 1.807) is 48.5 Å². The van der Waals surface area contributed by atoms with Gasteiger partial charge in [0.1, 0.15) is 17.0 Å². The number of hydrogen-bond donors (Lipinski definition) is 0. The van der Waals surface area contributed by atoms with Crippen molar-refractivity contribution in [2.75, 3.05) is 11.5 Å². The lowest BCUT2D eigenvalue weighted by Crippen LogP contribution is -2.44. The Morgan fingerprint density at radius 1 is 0.962 bits per heavy atom. The highest BCUT2D eigenvalue weighted by Crippen LogP contribution is 2.20. The van der Waals surface area contributed by atoms with E-state index in [1.807, 2.05) is 0 Å². The molecule has 1 aromatic rings. The van der Waals surface area contributed by atoms with Gasteiger partial charge in [0, 0.05) is 0 Å². The van der Waals surface area contributed by atoms with Crippen LogP contribution in [0.5, 0.6) is 0 Å². The fourth-order valence-corrected chi connectivity index (χ4v) is 1.74. The first-order valence-corrected chi connectivity index (χ1v) is 8.24. The molecule has 0 N–H and O–H groups in total. The van der Waals surface area contributed by atoms with Gasteiger partial charge < -0.3 is 14.2 Å². The van der Waals surface area contributed by atoms with Crippen LogP contribution in [-0.2, 0) is 14.2 Å². The Labute approximate surface area is 153 Å². The minimum atomic E-state index is -0.958. The minimum absolute atomic E-state index is 0.0403. The largest absolute Gasteiger partial charge is 0.461 e. The Bertz CT molecular complexity index is 645. The van der Waals surface area contributed by atoms with Crippen molar-refractivity contribution in [2.45, 2.75) is 59.7 Å². The molecule has 26 heavy (non-hydrogen) atoms. The maximum atomic E-state index is 12.5. The van der Waals surface area contributed by atoms with E-state index in [4.69, 9.17) is 14.2 Å². The molecule has 144 valence electrons. The molecular formula is C18H26N2O6. The topological polar surface area (TPSA) is 95.0 Å². The van der Waals surface area contributed by atoms with Crippen LogP contribution in [0, 0.1) is 0 Å². The third kappa shape index (κ3) is 6.70. The summed E-state index contributed by atoms with van der Waals surface area (Å²) >= 11 is 0. The SMILES string of the molecule is CCOC(=O)c1cccc(N(C(=O)OC(C)(C)C)C(=O)OC(C)(C)C)n1. The van der Waals surface area contributed by atoms with E-state index in [9.17, 15) is 14.4 Å². The van der Waals surface area contributed by atoms with Crippen molar-refractivity contribution in [1.29, 1.82) is 0 Å². The molecule has 0 unspecified atom stereocenters. The minimum Gasteiger partial charge on any atom is -0.461 e. The van der Waals surface area contributed by atoms with Crippen molar-refractivity contribution in [1.82, 2.24) is 4.98 Å². The zero-order chi connectivity index (χ0) is 20.1. The number of carbonyl (C=O) groups is 3. The van der Waals surface area contributed by atoms with Gasteiger partial charge in [-0.3, -0.25) is 0 Å². The van der Waals surface area contributed by atoms with Gasteiger partial charge in [0.25, 0.3) is 0 Å². The van der Waals surface area contributed by atoms with Crippen LogP contribution < -0.4 is 4.90 Å². The number of hydrogen-bond acceptors (Lipinski definition) is 7. The summed E-state index contributed by atoms with van der Waals surface area (Å²) in [4.78, 5) is 41.7. The van der Waals surface area contributed by atoms with Gasteiger partial charge in [-0.25, -0.2) is 19.4 Å². The van der Waals surface area contributed by atoms with Gasteiger partial charge in [0.2, 0.25) is 0 Å². The number of ether oxygens (including phenoxy) is 3. The van der Waals surface area contributed by atoms with Crippen LogP contribution >= 0.6 is 0 Å². The number of aromatic nitrogens is 1. The van der Waals surface area contributed by atoms with E-state index in [1.165, 1.54) is 18.2 Å². The molecule has 0 aliphatic carbocycles. The Morgan fingerprint density at radius 2 is 1.46 bits per heavy atom. The highest BCUT2D eigenvalue weighted by Gasteiger charge is 2.33. The molecule has 0 atom stereocenters. The van der Waals surface area contributed by atoms with Crippen molar-refractivity contribution >= 4 is 24.0 Å². The second-order valence-electron chi connectivity index (χ2n) is 7.40. The van der Waals surface area contributed by atoms with E-state index in [-0.39, 0.29) is 18.1 Å². The van der Waals surface area contributed by atoms with Gasteiger partial charge >= 0.3 is 18.2 Å². The number of imide groups is 1. The molecule has 0 aliphatic heterocycles. The molecule has 8 nitrogen and oxygen atoms in total. The lowest BCUT2D eigenvalue weighted by Gasteiger charge is -2.28. The molecule has 2 amide bonds. The van der Waals surface area contributed by atoms with Gasteiger partial charge in [0.15, 0.2) is 5.69 Å². The normalized spacial score (nSPS) is 11.5. The summed E-state index contributed by atoms with van der Waals surface area (Å²) in [6.45, 7) is 11.8. The molecule has 1 rings (SSSR count). The smallest absolute Gasteiger partial charge is 0.425 e. The molecule has 1 aromatic heterocycles. The molecule has 0 fully saturated rings. The van der Waals surface area contributed by atoms with E-state index in [0.717, 1.165) is 0 Å². The first-order valence-electron chi connectivity index (χ1n) is 8.24. The number of rotatable bonds is 3. The van der Waals surface area contributed by atoms with E-state index < -0.39 is 29.4 Å². The number of anilines is 1. The quantitative estimate of drug-likeness (QED) is 0.590. The lowest BCUT2D eigenvalue weighted by atomic mass is 10.2. The maximum Gasteiger partial charge on any atom is 0.425 e. The summed E-state index contributed by atoms with van der Waals surface area (Å²) in [7, 11) is 0. The van der Waals surface area contributed by atoms with Gasteiger partial charge in [-0.15, -0.1) is 0 Å². The average molecular weight is 366 g/mol. The Hall–Kier alpha value is -2.64. The Balaban J connectivity index is 3.27. The molecular weight excluding hydrogens is 340 g/mol. The summed E-state index contributed by atoms with van der Waals surface area (Å²) in [6.07, 6.45) is -1.92. The Morgan fingerprint density at radius 3 is 1.88 bits per heavy atom. The van der Waals surface area contributed by atoms with Gasteiger partial charge in [-0.1, -0.05) is 6.07 Å². The number of amides is 2. The van der Waals surface area contributed by atoms with Gasteiger partial charge in [-0.2, -0.15) is 4.90 Å². The molecule has 0 aromatic carbocycles. The van der Waals surface area contributed by atoms with Crippen molar-refractivity contribution in [3.8, 4) is 0 Å². The van der Waals surface area contributed by atoms with E-state index >= 15 is 0 Å². The molecule has 8 heteroatoms. The number of carbonyl (C=O) groups excluding carboxylic acids is 3. The van der Waals surface area contributed by atoms with Crippen LogP contribution in [0.15, 0.2) is 18.2 Å². The summed E-state index contributed by atoms with van der Waals surface area (Å²) in [5.41, 5.74) is -1.71. The van der Waals surface area contributed by atoms with Crippen LogP contribution in [0.1, 0.15) is 59.0 Å². The number of nitrogens with zero attached hydrogens (tertiary/aromatic N) is 2. The van der Waals surface area contributed by atoms with Crippen LogP contribution in [-0.4, -0.2) is 40.9 Å². The second-order valence-corrected chi connectivity index (χ2v) is 7.40. The molecule has 0 radical (unpaired) electrons. The monoisotopic (exact) mass is 366 g/mol. The molecule has 0 bridgehead atoms. The molecule has 0 saturated heterocycles. The lowest BCUT2D eigenvalue weighted by molar-refractivity contribution is 0.0423. The summed E-state index contributed by atoms with van der Waals surface area (Å²) in [5, 5.41) is 0. The third-order valence-corrected chi connectivity index (χ3v) is 2.60. The Kier molecular flexibility index (Phi) is 6.72. The van der Waals surface area contributed by atoms with E-state index in [0.29, 0.717) is 4.90 Å². The van der Waals surface area contributed by atoms with Crippen molar-refractivity contribution < 1.29 is 28.6 Å². The summed E-state index contributed by atoms with van der Waals surface area (Å²) < 4.78 is 15.4. The average Bonchev–Trinajstić information content (AvgIpc) is 2.44. The first kappa shape index (κ1) is 21.4.